The first-order valence-corrected chi connectivity index (χ1v) is 2.85. The van der Waals surface area contributed by atoms with Crippen LogP contribution in [-0.2, 0) is 14.2 Å². The van der Waals surface area contributed by atoms with Crippen LogP contribution in [0.1, 0.15) is 0 Å². The SMILES string of the molecule is [CH2]COCOCCOC. The van der Waals surface area contributed by atoms with E-state index in [1.165, 1.54) is 0 Å². The first kappa shape index (κ1) is 8.88. The highest BCUT2D eigenvalue weighted by molar-refractivity contribution is 4.26. The van der Waals surface area contributed by atoms with Gasteiger partial charge in [-0.25, -0.2) is 0 Å². The molecule has 9 heavy (non-hydrogen) atoms. The number of rotatable bonds is 6. The van der Waals surface area contributed by atoms with Crippen LogP contribution in [0.4, 0.5) is 0 Å². The maximum atomic E-state index is 4.93. The van der Waals surface area contributed by atoms with Crippen LogP contribution in [0.25, 0.3) is 0 Å². The smallest absolute Gasteiger partial charge is 0.146 e. The summed E-state index contributed by atoms with van der Waals surface area (Å²) in [6, 6.07) is 0. The average molecular weight is 133 g/mol. The van der Waals surface area contributed by atoms with Crippen molar-refractivity contribution in [2.75, 3.05) is 33.7 Å². The molecule has 0 aliphatic carbocycles. The molecule has 3 nitrogen and oxygen atoms in total. The molecule has 0 heterocycles. The van der Waals surface area contributed by atoms with Crippen molar-refractivity contribution < 1.29 is 14.2 Å². The summed E-state index contributed by atoms with van der Waals surface area (Å²) in [6.07, 6.45) is 0. The van der Waals surface area contributed by atoms with Gasteiger partial charge in [0.05, 0.1) is 13.2 Å². The summed E-state index contributed by atoms with van der Waals surface area (Å²) in [5.41, 5.74) is 0. The van der Waals surface area contributed by atoms with E-state index in [9.17, 15) is 0 Å². The molecule has 0 aromatic rings. The van der Waals surface area contributed by atoms with Gasteiger partial charge in [0, 0.05) is 13.7 Å². The van der Waals surface area contributed by atoms with Crippen LogP contribution in [0, 0.1) is 6.92 Å². The highest BCUT2D eigenvalue weighted by Gasteiger charge is 1.83. The average Bonchev–Trinajstić information content (AvgIpc) is 1.89. The molecular formula is C6H13O3. The lowest BCUT2D eigenvalue weighted by molar-refractivity contribution is -0.0576. The molecule has 0 bridgehead atoms. The predicted molar refractivity (Wildman–Crippen MR) is 34.0 cm³/mol. The molecule has 3 heteroatoms. The molecule has 0 rings (SSSR count). The van der Waals surface area contributed by atoms with Gasteiger partial charge < -0.3 is 14.2 Å². The standard InChI is InChI=1S/C6H13O3/c1-3-8-6-9-5-4-7-2/h1,3-6H2,2H3. The number of methoxy groups -OCH3 is 1. The Morgan fingerprint density at radius 2 is 2.00 bits per heavy atom. The lowest BCUT2D eigenvalue weighted by atomic mass is 10.8. The van der Waals surface area contributed by atoms with E-state index in [0.717, 1.165) is 0 Å². The van der Waals surface area contributed by atoms with Gasteiger partial charge in [-0.15, -0.1) is 0 Å². The molecule has 0 saturated heterocycles. The van der Waals surface area contributed by atoms with Crippen LogP contribution in [0.5, 0.6) is 0 Å². The Labute approximate surface area is 55.9 Å². The third kappa shape index (κ3) is 7.88. The fraction of sp³-hybridized carbons (Fsp3) is 0.833. The van der Waals surface area contributed by atoms with Gasteiger partial charge in [-0.1, -0.05) is 0 Å². The normalized spacial score (nSPS) is 10.0. The Bertz CT molecular complexity index is 41.6. The van der Waals surface area contributed by atoms with E-state index >= 15 is 0 Å². The molecule has 0 atom stereocenters. The maximum absolute atomic E-state index is 4.93. The van der Waals surface area contributed by atoms with Crippen LogP contribution in [0.2, 0.25) is 0 Å². The second-order valence-corrected chi connectivity index (χ2v) is 1.43. The summed E-state index contributed by atoms with van der Waals surface area (Å²) in [7, 11) is 1.63. The lowest BCUT2D eigenvalue weighted by Crippen LogP contribution is -2.05. The van der Waals surface area contributed by atoms with Gasteiger partial charge in [-0.05, 0) is 6.92 Å². The van der Waals surface area contributed by atoms with E-state index in [-0.39, 0.29) is 0 Å². The van der Waals surface area contributed by atoms with Gasteiger partial charge >= 0.3 is 0 Å². The summed E-state index contributed by atoms with van der Waals surface area (Å²) in [5, 5.41) is 0. The monoisotopic (exact) mass is 133 g/mol. The lowest BCUT2D eigenvalue weighted by Gasteiger charge is -2.01. The largest absolute Gasteiger partial charge is 0.382 e. The van der Waals surface area contributed by atoms with E-state index in [0.29, 0.717) is 26.6 Å². The first-order valence-electron chi connectivity index (χ1n) is 2.85. The van der Waals surface area contributed by atoms with Gasteiger partial charge in [-0.2, -0.15) is 0 Å². The Kier molecular flexibility index (Phi) is 7.77. The fourth-order valence-electron chi connectivity index (χ4n) is 0.319. The topological polar surface area (TPSA) is 27.7 Å². The second-order valence-electron chi connectivity index (χ2n) is 1.43. The van der Waals surface area contributed by atoms with Gasteiger partial charge in [0.25, 0.3) is 0 Å². The summed E-state index contributed by atoms with van der Waals surface area (Å²) < 4.78 is 14.4. The molecule has 55 valence electrons. The summed E-state index contributed by atoms with van der Waals surface area (Å²) in [5.74, 6) is 0. The number of hydrogen-bond donors (Lipinski definition) is 0. The zero-order chi connectivity index (χ0) is 6.95. The first-order chi connectivity index (χ1) is 4.41. The molecule has 0 amide bonds. The third-order valence-corrected chi connectivity index (χ3v) is 0.743. The van der Waals surface area contributed by atoms with E-state index in [1.54, 1.807) is 7.11 Å². The molecule has 0 saturated carbocycles. The van der Waals surface area contributed by atoms with Crippen molar-refractivity contribution in [2.45, 2.75) is 0 Å². The van der Waals surface area contributed by atoms with E-state index in [4.69, 9.17) is 14.2 Å². The minimum absolute atomic E-state index is 0.312. The highest BCUT2D eigenvalue weighted by Crippen LogP contribution is 1.77. The van der Waals surface area contributed by atoms with Crippen LogP contribution in [0.15, 0.2) is 0 Å². The van der Waals surface area contributed by atoms with Crippen molar-refractivity contribution in [1.82, 2.24) is 0 Å². The minimum Gasteiger partial charge on any atom is -0.382 e. The molecule has 0 aromatic heterocycles. The summed E-state index contributed by atoms with van der Waals surface area (Å²) in [6.45, 7) is 5.43. The molecule has 0 spiro atoms. The fourth-order valence-corrected chi connectivity index (χ4v) is 0.319. The second kappa shape index (κ2) is 7.88. The number of hydrogen-bond acceptors (Lipinski definition) is 3. The van der Waals surface area contributed by atoms with Crippen LogP contribution in [0.3, 0.4) is 0 Å². The van der Waals surface area contributed by atoms with E-state index in [2.05, 4.69) is 6.92 Å². The van der Waals surface area contributed by atoms with Crippen molar-refractivity contribution in [3.05, 3.63) is 6.92 Å². The Morgan fingerprint density at radius 1 is 1.22 bits per heavy atom. The summed E-state index contributed by atoms with van der Waals surface area (Å²) in [4.78, 5) is 0. The number of ether oxygens (including phenoxy) is 3. The van der Waals surface area contributed by atoms with Crippen LogP contribution in [-0.4, -0.2) is 33.7 Å². The highest BCUT2D eigenvalue weighted by atomic mass is 16.7. The van der Waals surface area contributed by atoms with Crippen molar-refractivity contribution in [1.29, 1.82) is 0 Å². The van der Waals surface area contributed by atoms with Gasteiger partial charge in [0.2, 0.25) is 0 Å². The quantitative estimate of drug-likeness (QED) is 0.389. The molecule has 0 unspecified atom stereocenters. The molecule has 1 radical (unpaired) electrons. The Morgan fingerprint density at radius 3 is 2.56 bits per heavy atom. The minimum atomic E-state index is 0.312. The zero-order valence-electron chi connectivity index (χ0n) is 5.76. The molecule has 0 aliphatic heterocycles. The van der Waals surface area contributed by atoms with Gasteiger partial charge in [0.15, 0.2) is 0 Å². The predicted octanol–water partition coefficient (Wildman–Crippen LogP) is 0.458. The van der Waals surface area contributed by atoms with E-state index in [1.807, 2.05) is 0 Å². The molecule has 0 aromatic carbocycles. The third-order valence-electron chi connectivity index (χ3n) is 0.743. The van der Waals surface area contributed by atoms with Crippen LogP contribution < -0.4 is 0 Å². The van der Waals surface area contributed by atoms with Crippen molar-refractivity contribution in [2.24, 2.45) is 0 Å². The Balaban J connectivity index is 2.60. The van der Waals surface area contributed by atoms with Gasteiger partial charge in [0.1, 0.15) is 6.79 Å². The maximum Gasteiger partial charge on any atom is 0.146 e. The van der Waals surface area contributed by atoms with Gasteiger partial charge in [-0.3, -0.25) is 0 Å². The van der Waals surface area contributed by atoms with Crippen LogP contribution >= 0.6 is 0 Å². The molecule has 0 fully saturated rings. The molecule has 0 aliphatic rings. The summed E-state index contributed by atoms with van der Waals surface area (Å²) >= 11 is 0. The Hall–Kier alpha value is -0.120. The molecular weight excluding hydrogens is 120 g/mol. The van der Waals surface area contributed by atoms with Crippen molar-refractivity contribution in [3.63, 3.8) is 0 Å². The molecule has 0 N–H and O–H groups in total. The zero-order valence-corrected chi connectivity index (χ0v) is 5.76. The van der Waals surface area contributed by atoms with Crippen molar-refractivity contribution in [3.8, 4) is 0 Å². The van der Waals surface area contributed by atoms with Crippen molar-refractivity contribution >= 4 is 0 Å². The van der Waals surface area contributed by atoms with E-state index < -0.39 is 0 Å².